The van der Waals surface area contributed by atoms with Crippen LogP contribution in [0, 0.1) is 5.92 Å². The number of amides is 2. The summed E-state index contributed by atoms with van der Waals surface area (Å²) in [5.74, 6) is -0.926. The van der Waals surface area contributed by atoms with Gasteiger partial charge in [-0.05, 0) is 57.0 Å². The Labute approximate surface area is 184 Å². The first-order valence-electron chi connectivity index (χ1n) is 9.52. The first-order chi connectivity index (χ1) is 14.0. The molecule has 0 aliphatic rings. The van der Waals surface area contributed by atoms with E-state index in [9.17, 15) is 14.4 Å². The van der Waals surface area contributed by atoms with Gasteiger partial charge in [0, 0.05) is 28.0 Å². The van der Waals surface area contributed by atoms with E-state index >= 15 is 0 Å². The van der Waals surface area contributed by atoms with E-state index in [-0.39, 0.29) is 11.7 Å². The number of anilines is 1. The number of carbonyl (C=O) groups is 3. The number of nitrogens with zero attached hydrogens (tertiary/aromatic N) is 1. The lowest BCUT2D eigenvalue weighted by molar-refractivity contribution is -0.119. The minimum absolute atomic E-state index is 0.203. The first-order valence-corrected chi connectivity index (χ1v) is 10.3. The van der Waals surface area contributed by atoms with Gasteiger partial charge in [0.05, 0.1) is 5.69 Å². The van der Waals surface area contributed by atoms with Gasteiger partial charge in [-0.2, -0.15) is 0 Å². The molecule has 8 heteroatoms. The predicted octanol–water partition coefficient (Wildman–Crippen LogP) is 4.56. The highest BCUT2D eigenvalue weighted by atomic mass is 79.9. The van der Waals surface area contributed by atoms with Gasteiger partial charge in [0.2, 0.25) is 5.91 Å². The van der Waals surface area contributed by atoms with Crippen molar-refractivity contribution in [1.82, 2.24) is 10.3 Å². The van der Waals surface area contributed by atoms with Gasteiger partial charge >= 0.3 is 6.09 Å². The number of benzene rings is 1. The monoisotopic (exact) mass is 475 g/mol. The largest absolute Gasteiger partial charge is 0.444 e. The second kappa shape index (κ2) is 9.84. The predicted molar refractivity (Wildman–Crippen MR) is 118 cm³/mol. The summed E-state index contributed by atoms with van der Waals surface area (Å²) in [6, 6.07) is 7.48. The summed E-state index contributed by atoms with van der Waals surface area (Å²) in [4.78, 5) is 42.0. The average Bonchev–Trinajstić information content (AvgIpc) is 2.66. The minimum Gasteiger partial charge on any atom is -0.444 e. The zero-order valence-electron chi connectivity index (χ0n) is 17.7. The highest BCUT2D eigenvalue weighted by molar-refractivity contribution is 9.10. The number of alkyl carbamates (subject to hydrolysis) is 1. The summed E-state index contributed by atoms with van der Waals surface area (Å²) >= 11 is 3.36. The van der Waals surface area contributed by atoms with Crippen LogP contribution in [0.4, 0.5) is 10.5 Å². The molecule has 160 valence electrons. The quantitative estimate of drug-likeness (QED) is 0.596. The number of rotatable bonds is 6. The first kappa shape index (κ1) is 23.5. The Hall–Kier alpha value is -2.74. The Bertz CT molecular complexity index is 924. The topological polar surface area (TPSA) is 97.4 Å². The SMILES string of the molecule is CC(C)C(NC(=O)OC(C)(C)C)C(=O)Nc1ccc(Br)cc1C(=O)c1cccnc1. The van der Waals surface area contributed by atoms with E-state index in [2.05, 4.69) is 31.5 Å². The molecule has 1 atom stereocenters. The van der Waals surface area contributed by atoms with E-state index in [0.29, 0.717) is 21.3 Å². The molecule has 0 saturated heterocycles. The van der Waals surface area contributed by atoms with Crippen LogP contribution in [0.3, 0.4) is 0 Å². The van der Waals surface area contributed by atoms with Crippen LogP contribution in [-0.2, 0) is 9.53 Å². The highest BCUT2D eigenvalue weighted by Crippen LogP contribution is 2.24. The Morgan fingerprint density at radius 3 is 2.40 bits per heavy atom. The molecule has 2 amide bonds. The van der Waals surface area contributed by atoms with Gasteiger partial charge in [-0.15, -0.1) is 0 Å². The van der Waals surface area contributed by atoms with Gasteiger partial charge in [-0.3, -0.25) is 14.6 Å². The zero-order chi connectivity index (χ0) is 22.5. The lowest BCUT2D eigenvalue weighted by atomic mass is 10.0. The van der Waals surface area contributed by atoms with Gasteiger partial charge in [0.15, 0.2) is 5.78 Å². The van der Waals surface area contributed by atoms with Gasteiger partial charge in [-0.25, -0.2) is 4.79 Å². The summed E-state index contributed by atoms with van der Waals surface area (Å²) < 4.78 is 5.95. The molecular weight excluding hydrogens is 450 g/mol. The van der Waals surface area contributed by atoms with Crippen molar-refractivity contribution in [3.63, 3.8) is 0 Å². The minimum atomic E-state index is -0.843. The van der Waals surface area contributed by atoms with Crippen LogP contribution in [-0.4, -0.2) is 34.4 Å². The number of aromatic nitrogens is 1. The maximum atomic E-state index is 12.9. The van der Waals surface area contributed by atoms with Crippen molar-refractivity contribution < 1.29 is 19.1 Å². The molecular formula is C22H26BrN3O4. The molecule has 0 bridgehead atoms. The van der Waals surface area contributed by atoms with Crippen LogP contribution in [0.25, 0.3) is 0 Å². The normalized spacial score (nSPS) is 12.2. The molecule has 1 aromatic heterocycles. The third-order valence-corrected chi connectivity index (χ3v) is 4.52. The third-order valence-electron chi connectivity index (χ3n) is 4.03. The molecule has 1 heterocycles. The molecule has 2 aromatic rings. The fourth-order valence-electron chi connectivity index (χ4n) is 2.65. The second-order valence-electron chi connectivity index (χ2n) is 8.12. The van der Waals surface area contributed by atoms with E-state index in [4.69, 9.17) is 4.74 Å². The Kier molecular flexibility index (Phi) is 7.72. The number of ether oxygens (including phenoxy) is 1. The third kappa shape index (κ3) is 6.66. The van der Waals surface area contributed by atoms with Crippen molar-refractivity contribution in [2.24, 2.45) is 5.92 Å². The van der Waals surface area contributed by atoms with Crippen molar-refractivity contribution in [1.29, 1.82) is 0 Å². The van der Waals surface area contributed by atoms with Crippen molar-refractivity contribution in [2.75, 3.05) is 5.32 Å². The molecule has 0 spiro atoms. The van der Waals surface area contributed by atoms with Crippen LogP contribution in [0.5, 0.6) is 0 Å². The van der Waals surface area contributed by atoms with E-state index in [1.165, 1.54) is 6.20 Å². The lowest BCUT2D eigenvalue weighted by Crippen LogP contribution is -2.48. The maximum absolute atomic E-state index is 12.9. The molecule has 7 nitrogen and oxygen atoms in total. The number of hydrogen-bond acceptors (Lipinski definition) is 5. The molecule has 2 N–H and O–H groups in total. The summed E-state index contributed by atoms with van der Waals surface area (Å²) in [7, 11) is 0. The number of nitrogens with one attached hydrogen (secondary N) is 2. The van der Waals surface area contributed by atoms with Crippen LogP contribution >= 0.6 is 15.9 Å². The van der Waals surface area contributed by atoms with E-state index in [1.807, 2.05) is 13.8 Å². The van der Waals surface area contributed by atoms with Crippen LogP contribution in [0.15, 0.2) is 47.2 Å². The van der Waals surface area contributed by atoms with Crippen molar-refractivity contribution in [3.8, 4) is 0 Å². The summed E-state index contributed by atoms with van der Waals surface area (Å²) in [5, 5.41) is 5.37. The Morgan fingerprint density at radius 2 is 1.83 bits per heavy atom. The number of halogens is 1. The van der Waals surface area contributed by atoms with E-state index in [0.717, 1.165) is 0 Å². The Balaban J connectivity index is 2.26. The summed E-state index contributed by atoms with van der Waals surface area (Å²) in [5.41, 5.74) is 0.370. The van der Waals surface area contributed by atoms with E-state index < -0.39 is 23.6 Å². The number of hydrogen-bond donors (Lipinski definition) is 2. The molecule has 0 saturated carbocycles. The highest BCUT2D eigenvalue weighted by Gasteiger charge is 2.28. The van der Waals surface area contributed by atoms with Gasteiger partial charge < -0.3 is 15.4 Å². The molecule has 30 heavy (non-hydrogen) atoms. The van der Waals surface area contributed by atoms with Crippen LogP contribution in [0.1, 0.15) is 50.5 Å². The van der Waals surface area contributed by atoms with Crippen molar-refractivity contribution >= 4 is 39.4 Å². The van der Waals surface area contributed by atoms with Crippen LogP contribution < -0.4 is 10.6 Å². The molecule has 1 unspecified atom stereocenters. The van der Waals surface area contributed by atoms with Gasteiger partial charge in [0.1, 0.15) is 11.6 Å². The van der Waals surface area contributed by atoms with Crippen molar-refractivity contribution in [2.45, 2.75) is 46.3 Å². The summed E-state index contributed by atoms with van der Waals surface area (Å²) in [6.07, 6.45) is 2.37. The van der Waals surface area contributed by atoms with Crippen molar-refractivity contribution in [3.05, 3.63) is 58.3 Å². The standard InChI is InChI=1S/C22H26BrN3O4/c1-13(2)18(26-21(29)30-22(3,4)5)20(28)25-17-9-8-15(23)11-16(17)19(27)14-7-6-10-24-12-14/h6-13,18H,1-5H3,(H,25,28)(H,26,29). The molecule has 2 rings (SSSR count). The smallest absolute Gasteiger partial charge is 0.408 e. The zero-order valence-corrected chi connectivity index (χ0v) is 19.2. The van der Waals surface area contributed by atoms with Crippen LogP contribution in [0.2, 0.25) is 0 Å². The van der Waals surface area contributed by atoms with Gasteiger partial charge in [0.25, 0.3) is 0 Å². The lowest BCUT2D eigenvalue weighted by Gasteiger charge is -2.25. The number of pyridine rings is 1. The summed E-state index contributed by atoms with van der Waals surface area (Å²) in [6.45, 7) is 8.86. The molecule has 0 radical (unpaired) electrons. The molecule has 1 aromatic carbocycles. The number of carbonyl (C=O) groups excluding carboxylic acids is 3. The molecule has 0 fully saturated rings. The van der Waals surface area contributed by atoms with Gasteiger partial charge in [-0.1, -0.05) is 29.8 Å². The number of ketones is 1. The second-order valence-corrected chi connectivity index (χ2v) is 9.03. The molecule has 0 aliphatic carbocycles. The van der Waals surface area contributed by atoms with E-state index in [1.54, 1.807) is 57.3 Å². The Morgan fingerprint density at radius 1 is 1.13 bits per heavy atom. The fraction of sp³-hybridized carbons (Fsp3) is 0.364. The average molecular weight is 476 g/mol. The maximum Gasteiger partial charge on any atom is 0.408 e. The molecule has 0 aliphatic heterocycles. The fourth-order valence-corrected chi connectivity index (χ4v) is 3.01.